The summed E-state index contributed by atoms with van der Waals surface area (Å²) in [5.74, 6) is -3.21. The third-order valence-corrected chi connectivity index (χ3v) is 46.0. The lowest BCUT2D eigenvalue weighted by atomic mass is 9.71. The summed E-state index contributed by atoms with van der Waals surface area (Å²) in [4.78, 5) is 65.3. The van der Waals surface area contributed by atoms with E-state index in [1.54, 1.807) is 9.80 Å². The first kappa shape index (κ1) is 44.0. The first-order valence-corrected chi connectivity index (χ1v) is 35.2. The molecular formula is C49H74N2O6Si4. The molecule has 4 amide bonds. The number of benzene rings is 2. The molecule has 12 heteroatoms. The second kappa shape index (κ2) is 11.6. The average molecular weight is 899 g/mol. The predicted molar refractivity (Wildman–Crippen MR) is 254 cm³/mol. The van der Waals surface area contributed by atoms with Crippen LogP contribution in [-0.4, -0.2) is 78.8 Å². The Bertz CT molecular complexity index is 2250. The Labute approximate surface area is 369 Å². The van der Waals surface area contributed by atoms with Gasteiger partial charge in [-0.15, -0.1) is 0 Å². The molecular weight excluding hydrogens is 825 g/mol. The van der Waals surface area contributed by atoms with E-state index in [9.17, 15) is 0 Å². The summed E-state index contributed by atoms with van der Waals surface area (Å²) in [6.45, 7) is 47.3. The second-order valence-electron chi connectivity index (χ2n) is 26.6. The van der Waals surface area contributed by atoms with Crippen LogP contribution in [0.1, 0.15) is 112 Å². The van der Waals surface area contributed by atoms with Crippen molar-refractivity contribution < 1.29 is 28.7 Å². The standard InChI is InChI=1S/C49H74N2O6Si4/c1-42(2,3)58(13,14)46-30-24-22-29-28-23-25-31-33(29)49(61(19,20)45(10,11)12)37-35(47(31,57-49)59(15,16)43(4,5)6)39(53)51(41(37)55)27-21-26-50-38(52)34(46)36(40(50)54)48(56-46,32(28)30)60(17,18)44(7,8)9/h22-25,34-37H,21,26-27H2,1-20H3/t34-,35-,36+,37+,46-,47-,48+,49+/m1/s1. The van der Waals surface area contributed by atoms with Gasteiger partial charge < -0.3 is 9.47 Å². The number of ether oxygens (including phenoxy) is 2. The molecule has 0 radical (unpaired) electrons. The van der Waals surface area contributed by atoms with Crippen LogP contribution < -0.4 is 0 Å². The molecule has 61 heavy (non-hydrogen) atoms. The van der Waals surface area contributed by atoms with Gasteiger partial charge in [0.25, 0.3) is 0 Å². The van der Waals surface area contributed by atoms with E-state index in [0.717, 1.165) is 33.0 Å². The molecule has 7 aliphatic rings. The van der Waals surface area contributed by atoms with Crippen molar-refractivity contribution >= 4 is 66.7 Å². The number of hydrogen-bond acceptors (Lipinski definition) is 6. The molecule has 2 aromatic carbocycles. The lowest BCUT2D eigenvalue weighted by Crippen LogP contribution is -2.62. The van der Waals surface area contributed by atoms with Gasteiger partial charge in [-0.05, 0) is 59.6 Å². The number of carbonyl (C=O) groups excluding carboxylic acids is 4. The first-order chi connectivity index (χ1) is 27.5. The fourth-order valence-electron chi connectivity index (χ4n) is 14.0. The Kier molecular flexibility index (Phi) is 8.35. The van der Waals surface area contributed by atoms with E-state index in [1.807, 2.05) is 0 Å². The Morgan fingerprint density at radius 3 is 0.951 bits per heavy atom. The van der Waals surface area contributed by atoms with Gasteiger partial charge in [-0.1, -0.05) is 160 Å². The van der Waals surface area contributed by atoms with Gasteiger partial charge in [0.05, 0.1) is 76.9 Å². The summed E-state index contributed by atoms with van der Waals surface area (Å²) in [7, 11) is -11.0. The van der Waals surface area contributed by atoms with Crippen LogP contribution in [0.25, 0.3) is 10.8 Å². The zero-order valence-electron chi connectivity index (χ0n) is 41.1. The minimum absolute atomic E-state index is 0.142. The van der Waals surface area contributed by atoms with Gasteiger partial charge in [-0.2, -0.15) is 0 Å². The number of amides is 4. The van der Waals surface area contributed by atoms with E-state index in [1.165, 1.54) is 0 Å². The normalized spacial score (nSPS) is 34.9. The molecule has 4 fully saturated rings. The fourth-order valence-corrected chi connectivity index (χ4v) is 28.1. The van der Waals surface area contributed by atoms with E-state index < -0.39 is 76.9 Å². The van der Waals surface area contributed by atoms with E-state index in [-0.39, 0.29) is 56.9 Å². The Morgan fingerprint density at radius 2 is 0.689 bits per heavy atom. The Morgan fingerprint density at radius 1 is 0.443 bits per heavy atom. The van der Waals surface area contributed by atoms with E-state index in [4.69, 9.17) is 9.47 Å². The predicted octanol–water partition coefficient (Wildman–Crippen LogP) is 10.5. The van der Waals surface area contributed by atoms with Crippen molar-refractivity contribution in [2.24, 2.45) is 23.7 Å². The van der Waals surface area contributed by atoms with Crippen LogP contribution in [0.15, 0.2) is 24.3 Å². The van der Waals surface area contributed by atoms with Gasteiger partial charge in [0.2, 0.25) is 23.6 Å². The maximum Gasteiger partial charge on any atom is 0.236 e. The lowest BCUT2D eigenvalue weighted by Gasteiger charge is -2.52. The maximum absolute atomic E-state index is 15.6. The van der Waals surface area contributed by atoms with Crippen LogP contribution in [0.5, 0.6) is 0 Å². The molecule has 7 heterocycles. The van der Waals surface area contributed by atoms with Crippen molar-refractivity contribution in [3.05, 3.63) is 46.5 Å². The monoisotopic (exact) mass is 898 g/mol. The van der Waals surface area contributed by atoms with Crippen molar-refractivity contribution in [2.45, 2.75) is 183 Å². The van der Waals surface area contributed by atoms with E-state index in [0.29, 0.717) is 6.42 Å². The van der Waals surface area contributed by atoms with Crippen LogP contribution in [-0.2, 0) is 49.5 Å². The molecule has 2 aromatic rings. The molecule has 4 saturated heterocycles. The molecule has 0 aromatic heterocycles. The Balaban J connectivity index is 1.55. The highest BCUT2D eigenvalue weighted by Crippen LogP contribution is 2.79. The molecule has 8 atom stereocenters. The van der Waals surface area contributed by atoms with Crippen molar-refractivity contribution in [3.8, 4) is 0 Å². The summed E-state index contributed by atoms with van der Waals surface area (Å²) in [5, 5.41) is -2.61. The fraction of sp³-hybridized carbons (Fsp3) is 0.714. The summed E-state index contributed by atoms with van der Waals surface area (Å²) in [6.07, 6.45) is 0.338. The quantitative estimate of drug-likeness (QED) is 0.224. The number of nitrogens with zero attached hydrogens (tertiary/aromatic N) is 2. The van der Waals surface area contributed by atoms with Gasteiger partial charge in [0, 0.05) is 13.1 Å². The number of rotatable bonds is 4. The van der Waals surface area contributed by atoms with Gasteiger partial charge >= 0.3 is 0 Å². The summed E-state index contributed by atoms with van der Waals surface area (Å²) >= 11 is 0. The molecule has 0 unspecified atom stereocenters. The average Bonchev–Trinajstić information content (AvgIpc) is 3.91. The molecule has 332 valence electrons. The summed E-state index contributed by atoms with van der Waals surface area (Å²) < 4.78 is 16.5. The minimum Gasteiger partial charge on any atom is -0.365 e. The number of fused-ring (bicyclic) bond motifs is 8. The zero-order valence-corrected chi connectivity index (χ0v) is 45.1. The van der Waals surface area contributed by atoms with Gasteiger partial charge in [-0.3, -0.25) is 29.0 Å². The molecule has 8 nitrogen and oxygen atoms in total. The van der Waals surface area contributed by atoms with Gasteiger partial charge in [0.15, 0.2) is 0 Å². The molecule has 0 saturated carbocycles. The third kappa shape index (κ3) is 4.24. The highest BCUT2D eigenvalue weighted by atomic mass is 28.3. The van der Waals surface area contributed by atoms with Crippen molar-refractivity contribution in [1.82, 2.24) is 9.80 Å². The smallest absolute Gasteiger partial charge is 0.236 e. The molecule has 12 bridgehead atoms. The van der Waals surface area contributed by atoms with E-state index in [2.05, 4.69) is 160 Å². The lowest BCUT2D eigenvalue weighted by molar-refractivity contribution is -0.146. The molecule has 0 aliphatic carbocycles. The topological polar surface area (TPSA) is 93.2 Å². The Hall–Kier alpha value is -2.23. The largest absolute Gasteiger partial charge is 0.365 e. The highest BCUT2D eigenvalue weighted by Gasteiger charge is 2.87. The van der Waals surface area contributed by atoms with Crippen molar-refractivity contribution in [3.63, 3.8) is 0 Å². The summed E-state index contributed by atoms with van der Waals surface area (Å²) in [5.41, 5.74) is 4.44. The highest BCUT2D eigenvalue weighted by molar-refractivity contribution is 6.87. The van der Waals surface area contributed by atoms with E-state index >= 15 is 19.2 Å². The van der Waals surface area contributed by atoms with Crippen molar-refractivity contribution in [1.29, 1.82) is 0 Å². The van der Waals surface area contributed by atoms with Gasteiger partial charge in [-0.25, -0.2) is 0 Å². The SMILES string of the molecule is CC(C)(C)[Si](C)(C)[C@@]12O[C@@]3([Si](C)(C)C(C)(C)C)c4ccc5c6c(ccc5c41)[C@]1([Si](C)(C)C(C)(C)C)O[C@@]6([Si](C)(C)C(C)(C)C)[C@@H]4C(=O)N(CCCN5C(=O)[C@@H]2[C@@H]3C5=O)C(=O)[C@@H]41. The van der Waals surface area contributed by atoms with Gasteiger partial charge in [0.1, 0.15) is 0 Å². The molecule has 9 rings (SSSR count). The first-order valence-electron chi connectivity index (χ1n) is 23.2. The van der Waals surface area contributed by atoms with Crippen LogP contribution >= 0.6 is 0 Å². The summed E-state index contributed by atoms with van der Waals surface area (Å²) in [6, 6.07) is 9.23. The maximum atomic E-state index is 15.6. The zero-order chi connectivity index (χ0) is 45.6. The number of hydrogen-bond donors (Lipinski definition) is 0. The van der Waals surface area contributed by atoms with Crippen LogP contribution in [0, 0.1) is 23.7 Å². The number of carbonyl (C=O) groups is 4. The third-order valence-electron chi connectivity index (χ3n) is 20.9. The molecule has 0 spiro atoms. The molecule has 7 aliphatic heterocycles. The minimum atomic E-state index is -2.80. The number of imide groups is 2. The van der Waals surface area contributed by atoms with Crippen molar-refractivity contribution in [2.75, 3.05) is 13.1 Å². The van der Waals surface area contributed by atoms with Crippen LogP contribution in [0.3, 0.4) is 0 Å². The molecule has 0 N–H and O–H groups in total. The van der Waals surface area contributed by atoms with Crippen LogP contribution in [0.4, 0.5) is 0 Å². The van der Waals surface area contributed by atoms with Crippen LogP contribution in [0.2, 0.25) is 72.5 Å². The second-order valence-corrected chi connectivity index (χ2v) is 48.6.